The lowest BCUT2D eigenvalue weighted by molar-refractivity contribution is -0.116. The molecule has 0 aliphatic rings. The number of fused-ring (bicyclic) bond motifs is 2. The van der Waals surface area contributed by atoms with Gasteiger partial charge in [-0.05, 0) is 70.5 Å². The molecule has 3 aromatic carbocycles. The number of nitrogens with zero attached hydrogens (tertiary/aromatic N) is 2. The molecule has 0 saturated heterocycles. The molecule has 1 amide bonds. The zero-order valence-electron chi connectivity index (χ0n) is 22.5. The van der Waals surface area contributed by atoms with Gasteiger partial charge in [0.1, 0.15) is 5.60 Å². The Labute approximate surface area is 222 Å². The monoisotopic (exact) mass is 507 g/mol. The number of aryl methyl sites for hydroxylation is 2. The Morgan fingerprint density at radius 3 is 2.34 bits per heavy atom. The van der Waals surface area contributed by atoms with Crippen LogP contribution in [-0.4, -0.2) is 26.7 Å². The van der Waals surface area contributed by atoms with Crippen molar-refractivity contribution in [1.29, 1.82) is 0 Å². The van der Waals surface area contributed by atoms with Crippen LogP contribution in [0.25, 0.3) is 33.1 Å². The summed E-state index contributed by atoms with van der Waals surface area (Å²) in [4.78, 5) is 26.5. The molecular weight excluding hydrogens is 474 g/mol. The lowest BCUT2D eigenvalue weighted by Gasteiger charge is -2.21. The second-order valence-corrected chi connectivity index (χ2v) is 10.7. The number of nitrogens with one attached hydrogen (secondary N) is 1. The van der Waals surface area contributed by atoms with Gasteiger partial charge in [0.15, 0.2) is 0 Å². The van der Waals surface area contributed by atoms with Crippen LogP contribution in [-0.2, 0) is 23.0 Å². The van der Waals surface area contributed by atoms with Crippen molar-refractivity contribution < 1.29 is 14.3 Å². The molecule has 0 aliphatic heterocycles. The summed E-state index contributed by atoms with van der Waals surface area (Å²) in [6, 6.07) is 25.7. The molecule has 6 nitrogen and oxygen atoms in total. The predicted octanol–water partition coefficient (Wildman–Crippen LogP) is 7.46. The van der Waals surface area contributed by atoms with Gasteiger partial charge in [0, 0.05) is 46.7 Å². The highest BCUT2D eigenvalue weighted by molar-refractivity contribution is 6.04. The number of aromatic nitrogens is 2. The topological polar surface area (TPSA) is 65.3 Å². The number of ether oxygens (including phenoxy) is 1. The Hall–Kier alpha value is -4.32. The SMILES string of the molecule is Cc1ccc2c(c1)cc(-c1c(CCC(=O)Nc3ccccc3)n(C)c3ccccc13)n2C(=O)OC(C)(C)C. The van der Waals surface area contributed by atoms with E-state index in [1.165, 1.54) is 0 Å². The number of hydrogen-bond donors (Lipinski definition) is 1. The van der Waals surface area contributed by atoms with Crippen molar-refractivity contribution in [3.8, 4) is 11.3 Å². The van der Waals surface area contributed by atoms with Crippen LogP contribution in [0.2, 0.25) is 0 Å². The molecular formula is C32H33N3O3. The zero-order chi connectivity index (χ0) is 27.0. The standard InChI is InChI=1S/C32H33N3O3/c1-21-15-16-25-22(19-21)20-28(35(25)31(37)38-32(2,3)4)30-24-13-9-10-14-26(24)34(5)27(30)17-18-29(36)33-23-11-7-6-8-12-23/h6-16,19-20H,17-18H2,1-5H3,(H,33,36). The third-order valence-corrected chi connectivity index (χ3v) is 6.66. The van der Waals surface area contributed by atoms with Crippen molar-refractivity contribution in [1.82, 2.24) is 9.13 Å². The van der Waals surface area contributed by atoms with Gasteiger partial charge < -0.3 is 14.6 Å². The molecule has 0 unspecified atom stereocenters. The Morgan fingerprint density at radius 1 is 0.895 bits per heavy atom. The molecule has 0 aliphatic carbocycles. The second kappa shape index (κ2) is 9.86. The van der Waals surface area contributed by atoms with Crippen LogP contribution >= 0.6 is 0 Å². The Bertz CT molecular complexity index is 1650. The van der Waals surface area contributed by atoms with Crippen molar-refractivity contribution in [3.63, 3.8) is 0 Å². The lowest BCUT2D eigenvalue weighted by Crippen LogP contribution is -2.27. The largest absolute Gasteiger partial charge is 0.443 e. The van der Waals surface area contributed by atoms with Gasteiger partial charge in [0.25, 0.3) is 0 Å². The molecule has 194 valence electrons. The fourth-order valence-electron chi connectivity index (χ4n) is 5.02. The highest BCUT2D eigenvalue weighted by Gasteiger charge is 2.27. The van der Waals surface area contributed by atoms with E-state index >= 15 is 0 Å². The minimum Gasteiger partial charge on any atom is -0.443 e. The molecule has 2 heterocycles. The van der Waals surface area contributed by atoms with Crippen LogP contribution in [0.1, 0.15) is 38.4 Å². The molecule has 0 atom stereocenters. The number of para-hydroxylation sites is 2. The van der Waals surface area contributed by atoms with Crippen LogP contribution in [0.5, 0.6) is 0 Å². The molecule has 2 aromatic heterocycles. The summed E-state index contributed by atoms with van der Waals surface area (Å²) in [5.74, 6) is -0.0595. The Morgan fingerprint density at radius 2 is 1.61 bits per heavy atom. The van der Waals surface area contributed by atoms with Gasteiger partial charge in [-0.1, -0.05) is 48.0 Å². The lowest BCUT2D eigenvalue weighted by atomic mass is 10.0. The number of hydrogen-bond acceptors (Lipinski definition) is 3. The van der Waals surface area contributed by atoms with E-state index in [-0.39, 0.29) is 5.91 Å². The van der Waals surface area contributed by atoms with Crippen molar-refractivity contribution >= 4 is 39.5 Å². The number of benzene rings is 3. The predicted molar refractivity (Wildman–Crippen MR) is 154 cm³/mol. The molecule has 6 heteroatoms. The van der Waals surface area contributed by atoms with E-state index in [9.17, 15) is 9.59 Å². The molecule has 38 heavy (non-hydrogen) atoms. The number of amides is 1. The molecule has 0 saturated carbocycles. The van der Waals surface area contributed by atoms with Gasteiger partial charge in [-0.15, -0.1) is 0 Å². The molecule has 0 fully saturated rings. The van der Waals surface area contributed by atoms with Gasteiger partial charge in [-0.3, -0.25) is 4.79 Å². The first kappa shape index (κ1) is 25.3. The number of carbonyl (C=O) groups excluding carboxylic acids is 2. The summed E-state index contributed by atoms with van der Waals surface area (Å²) < 4.78 is 9.66. The number of carbonyl (C=O) groups is 2. The van der Waals surface area contributed by atoms with E-state index in [1.54, 1.807) is 4.57 Å². The van der Waals surface area contributed by atoms with Crippen molar-refractivity contribution in [2.45, 2.75) is 46.1 Å². The fraction of sp³-hybridized carbons (Fsp3) is 0.250. The first-order chi connectivity index (χ1) is 18.1. The normalized spacial score (nSPS) is 11.7. The number of anilines is 1. The minimum atomic E-state index is -0.646. The quantitative estimate of drug-likeness (QED) is 0.268. The van der Waals surface area contributed by atoms with Crippen molar-refractivity contribution in [3.05, 3.63) is 90.1 Å². The van der Waals surface area contributed by atoms with Gasteiger partial charge in [-0.2, -0.15) is 0 Å². The summed E-state index contributed by atoms with van der Waals surface area (Å²) in [5.41, 5.74) is 5.76. The fourth-order valence-corrected chi connectivity index (χ4v) is 5.02. The van der Waals surface area contributed by atoms with Crippen LogP contribution < -0.4 is 5.32 Å². The van der Waals surface area contributed by atoms with Gasteiger partial charge in [0.05, 0.1) is 11.2 Å². The molecule has 0 bridgehead atoms. The maximum atomic E-state index is 13.6. The van der Waals surface area contributed by atoms with Crippen LogP contribution in [0, 0.1) is 6.92 Å². The van der Waals surface area contributed by atoms with E-state index in [0.29, 0.717) is 12.8 Å². The van der Waals surface area contributed by atoms with Gasteiger partial charge in [-0.25, -0.2) is 9.36 Å². The maximum absolute atomic E-state index is 13.6. The minimum absolute atomic E-state index is 0.0595. The summed E-state index contributed by atoms with van der Waals surface area (Å²) in [5, 5.41) is 4.97. The van der Waals surface area contributed by atoms with Crippen molar-refractivity contribution in [2.24, 2.45) is 7.05 Å². The maximum Gasteiger partial charge on any atom is 0.419 e. The molecule has 5 rings (SSSR count). The van der Waals surface area contributed by atoms with Crippen LogP contribution in [0.15, 0.2) is 78.9 Å². The van der Waals surface area contributed by atoms with Gasteiger partial charge >= 0.3 is 6.09 Å². The summed E-state index contributed by atoms with van der Waals surface area (Å²) in [7, 11) is 2.01. The molecule has 0 spiro atoms. The highest BCUT2D eigenvalue weighted by atomic mass is 16.6. The van der Waals surface area contributed by atoms with Crippen molar-refractivity contribution in [2.75, 3.05) is 5.32 Å². The number of rotatable bonds is 5. The third kappa shape index (κ3) is 4.94. The summed E-state index contributed by atoms with van der Waals surface area (Å²) >= 11 is 0. The van der Waals surface area contributed by atoms with E-state index in [0.717, 1.165) is 50.0 Å². The zero-order valence-corrected chi connectivity index (χ0v) is 22.5. The summed E-state index contributed by atoms with van der Waals surface area (Å²) in [6.45, 7) is 7.65. The van der Waals surface area contributed by atoms with E-state index in [1.807, 2.05) is 89.3 Å². The van der Waals surface area contributed by atoms with Crippen LogP contribution in [0.3, 0.4) is 0 Å². The average Bonchev–Trinajstić information content (AvgIpc) is 3.37. The third-order valence-electron chi connectivity index (χ3n) is 6.66. The molecule has 5 aromatic rings. The van der Waals surface area contributed by atoms with E-state index in [4.69, 9.17) is 4.74 Å². The first-order valence-corrected chi connectivity index (χ1v) is 12.9. The Balaban J connectivity index is 1.64. The van der Waals surface area contributed by atoms with Crippen LogP contribution in [0.4, 0.5) is 10.5 Å². The highest BCUT2D eigenvalue weighted by Crippen LogP contribution is 2.39. The van der Waals surface area contributed by atoms with Gasteiger partial charge in [0.2, 0.25) is 5.91 Å². The van der Waals surface area contributed by atoms with E-state index < -0.39 is 11.7 Å². The molecule has 0 radical (unpaired) electrons. The second-order valence-electron chi connectivity index (χ2n) is 10.7. The smallest absolute Gasteiger partial charge is 0.419 e. The molecule has 1 N–H and O–H groups in total. The van der Waals surface area contributed by atoms with E-state index in [2.05, 4.69) is 34.1 Å². The first-order valence-electron chi connectivity index (χ1n) is 12.9. The summed E-state index contributed by atoms with van der Waals surface area (Å²) in [6.07, 6.45) is 0.387. The average molecular weight is 508 g/mol. The Kier molecular flexibility index (Phi) is 6.57.